The van der Waals surface area contributed by atoms with Crippen molar-refractivity contribution in [2.75, 3.05) is 0 Å². The van der Waals surface area contributed by atoms with Crippen LogP contribution in [-0.4, -0.2) is 26.9 Å². The number of nitrogens with zero attached hydrogens (tertiary/aromatic N) is 4. The lowest BCUT2D eigenvalue weighted by molar-refractivity contribution is -0.386. The fraction of sp³-hybridized carbons (Fsp3) is 0.286. The minimum atomic E-state index is -0.556. The van der Waals surface area contributed by atoms with E-state index in [2.05, 4.69) is 26.0 Å². The molecule has 0 saturated heterocycles. The lowest BCUT2D eigenvalue weighted by Crippen LogP contribution is -2.22. The van der Waals surface area contributed by atoms with E-state index >= 15 is 0 Å². The van der Waals surface area contributed by atoms with Gasteiger partial charge in [-0.15, -0.1) is 0 Å². The van der Waals surface area contributed by atoms with Crippen molar-refractivity contribution in [2.45, 2.75) is 39.7 Å². The van der Waals surface area contributed by atoms with E-state index < -0.39 is 4.92 Å². The maximum atomic E-state index is 13.1. The molecule has 0 fully saturated rings. The van der Waals surface area contributed by atoms with Crippen LogP contribution in [0.5, 0.6) is 5.75 Å². The molecule has 162 valence electrons. The SMILES string of the molecule is CCc1nc2ccc(Br)cc2c(=O)n1N=Cc1cc(Cl)cc([N+](=O)[O-])c1O[C@H](C)CC. The zero-order valence-electron chi connectivity index (χ0n) is 17.1. The van der Waals surface area contributed by atoms with Gasteiger partial charge in [-0.25, -0.2) is 4.98 Å². The summed E-state index contributed by atoms with van der Waals surface area (Å²) in [4.78, 5) is 28.6. The van der Waals surface area contributed by atoms with Crippen LogP contribution in [0.25, 0.3) is 10.9 Å². The molecule has 3 aromatic rings. The topological polar surface area (TPSA) is 99.6 Å². The molecule has 0 spiro atoms. The highest BCUT2D eigenvalue weighted by molar-refractivity contribution is 9.10. The van der Waals surface area contributed by atoms with Crippen molar-refractivity contribution < 1.29 is 9.66 Å². The molecule has 8 nitrogen and oxygen atoms in total. The van der Waals surface area contributed by atoms with Crippen LogP contribution in [0.15, 0.2) is 44.7 Å². The summed E-state index contributed by atoms with van der Waals surface area (Å²) in [6.07, 6.45) is 2.19. The number of ether oxygens (including phenoxy) is 1. The second kappa shape index (κ2) is 9.57. The number of hydrogen-bond donors (Lipinski definition) is 0. The molecule has 0 unspecified atom stereocenters. The molecule has 1 heterocycles. The maximum absolute atomic E-state index is 13.1. The predicted molar refractivity (Wildman–Crippen MR) is 125 cm³/mol. The minimum absolute atomic E-state index is 0.0510. The van der Waals surface area contributed by atoms with Gasteiger partial charge in [0.2, 0.25) is 5.75 Å². The summed E-state index contributed by atoms with van der Waals surface area (Å²) >= 11 is 9.46. The standard InChI is InChI=1S/C21H20BrClN4O4/c1-4-12(3)31-20-13(8-15(23)10-18(20)27(29)30)11-24-26-19(5-2)25-17-7-6-14(22)9-16(17)21(26)28/h6-12H,4-5H2,1-3H3/t12-/m1/s1. The second-order valence-corrected chi connectivity index (χ2v) is 8.19. The number of fused-ring (bicyclic) bond motifs is 1. The van der Waals surface area contributed by atoms with Gasteiger partial charge in [0.1, 0.15) is 5.82 Å². The van der Waals surface area contributed by atoms with Crippen LogP contribution in [0.2, 0.25) is 5.02 Å². The van der Waals surface area contributed by atoms with Crippen molar-refractivity contribution in [1.29, 1.82) is 0 Å². The highest BCUT2D eigenvalue weighted by Gasteiger charge is 2.22. The van der Waals surface area contributed by atoms with Crippen LogP contribution in [0.3, 0.4) is 0 Å². The summed E-state index contributed by atoms with van der Waals surface area (Å²) in [6.45, 7) is 5.58. The average molecular weight is 508 g/mol. The maximum Gasteiger partial charge on any atom is 0.313 e. The summed E-state index contributed by atoms with van der Waals surface area (Å²) in [5.74, 6) is 0.507. The molecule has 0 amide bonds. The Labute approximate surface area is 191 Å². The van der Waals surface area contributed by atoms with Crippen LogP contribution in [-0.2, 0) is 6.42 Å². The smallest absolute Gasteiger partial charge is 0.313 e. The molecule has 0 saturated carbocycles. The third-order valence-electron chi connectivity index (χ3n) is 4.66. The van der Waals surface area contributed by atoms with E-state index in [4.69, 9.17) is 16.3 Å². The molecule has 1 aromatic heterocycles. The Morgan fingerprint density at radius 2 is 2.10 bits per heavy atom. The van der Waals surface area contributed by atoms with Crippen molar-refractivity contribution in [1.82, 2.24) is 9.66 Å². The van der Waals surface area contributed by atoms with E-state index in [1.165, 1.54) is 23.0 Å². The van der Waals surface area contributed by atoms with Crippen LogP contribution >= 0.6 is 27.5 Å². The third kappa shape index (κ3) is 4.94. The molecular weight excluding hydrogens is 488 g/mol. The molecule has 1 atom stereocenters. The molecule has 0 aliphatic heterocycles. The molecule has 2 aromatic carbocycles. The average Bonchev–Trinajstić information content (AvgIpc) is 2.74. The van der Waals surface area contributed by atoms with E-state index in [1.807, 2.05) is 26.8 Å². The fourth-order valence-corrected chi connectivity index (χ4v) is 3.49. The van der Waals surface area contributed by atoms with Gasteiger partial charge in [0, 0.05) is 27.5 Å². The van der Waals surface area contributed by atoms with E-state index in [0.717, 1.165) is 4.47 Å². The Bertz CT molecular complexity index is 1240. The molecule has 0 bridgehead atoms. The minimum Gasteiger partial charge on any atom is -0.483 e. The van der Waals surface area contributed by atoms with E-state index in [9.17, 15) is 14.9 Å². The van der Waals surface area contributed by atoms with Gasteiger partial charge in [-0.05, 0) is 37.6 Å². The van der Waals surface area contributed by atoms with Crippen LogP contribution < -0.4 is 10.3 Å². The summed E-state index contributed by atoms with van der Waals surface area (Å²) in [5.41, 5.74) is 0.247. The largest absolute Gasteiger partial charge is 0.483 e. The summed E-state index contributed by atoms with van der Waals surface area (Å²) in [5, 5.41) is 16.4. The van der Waals surface area contributed by atoms with Gasteiger partial charge in [-0.3, -0.25) is 14.9 Å². The molecule has 0 aliphatic carbocycles. The molecule has 0 N–H and O–H groups in total. The zero-order chi connectivity index (χ0) is 22.7. The number of nitro groups is 1. The van der Waals surface area contributed by atoms with Crippen molar-refractivity contribution in [2.24, 2.45) is 5.10 Å². The lowest BCUT2D eigenvalue weighted by Gasteiger charge is -2.15. The van der Waals surface area contributed by atoms with E-state index in [-0.39, 0.29) is 28.1 Å². The first kappa shape index (κ1) is 22.9. The first-order valence-corrected chi connectivity index (χ1v) is 10.8. The number of aromatic nitrogens is 2. The molecular formula is C21H20BrClN4O4. The van der Waals surface area contributed by atoms with E-state index in [0.29, 0.717) is 35.1 Å². The monoisotopic (exact) mass is 506 g/mol. The first-order valence-electron chi connectivity index (χ1n) is 9.65. The highest BCUT2D eigenvalue weighted by Crippen LogP contribution is 2.34. The number of nitro benzene ring substituents is 1. The van der Waals surface area contributed by atoms with Gasteiger partial charge in [0.15, 0.2) is 0 Å². The lowest BCUT2D eigenvalue weighted by atomic mass is 10.1. The Kier molecular flexibility index (Phi) is 7.07. The van der Waals surface area contributed by atoms with Gasteiger partial charge in [0.25, 0.3) is 5.56 Å². The highest BCUT2D eigenvalue weighted by atomic mass is 79.9. The predicted octanol–water partition coefficient (Wildman–Crippen LogP) is 5.34. The quantitative estimate of drug-likeness (QED) is 0.244. The van der Waals surface area contributed by atoms with Gasteiger partial charge >= 0.3 is 5.69 Å². The number of benzene rings is 2. The molecule has 0 radical (unpaired) electrons. The number of halogens is 2. The van der Waals surface area contributed by atoms with Crippen LogP contribution in [0, 0.1) is 10.1 Å². The van der Waals surface area contributed by atoms with Gasteiger partial charge in [-0.2, -0.15) is 9.78 Å². The zero-order valence-corrected chi connectivity index (χ0v) is 19.5. The van der Waals surface area contributed by atoms with Crippen molar-refractivity contribution in [3.05, 3.63) is 71.7 Å². The Hall–Kier alpha value is -2.78. The Morgan fingerprint density at radius 3 is 2.74 bits per heavy atom. The molecule has 10 heteroatoms. The second-order valence-electron chi connectivity index (χ2n) is 6.84. The number of rotatable bonds is 7. The van der Waals surface area contributed by atoms with Gasteiger partial charge in [0.05, 0.1) is 28.1 Å². The molecule has 31 heavy (non-hydrogen) atoms. The molecule has 0 aliphatic rings. The van der Waals surface area contributed by atoms with E-state index in [1.54, 1.807) is 12.1 Å². The summed E-state index contributed by atoms with van der Waals surface area (Å²) < 4.78 is 7.74. The van der Waals surface area contributed by atoms with Crippen molar-refractivity contribution in [3.8, 4) is 5.75 Å². The Balaban J connectivity index is 2.19. The van der Waals surface area contributed by atoms with Crippen molar-refractivity contribution in [3.63, 3.8) is 0 Å². The van der Waals surface area contributed by atoms with Crippen LogP contribution in [0.1, 0.15) is 38.6 Å². The van der Waals surface area contributed by atoms with Gasteiger partial charge in [-0.1, -0.05) is 41.4 Å². The number of hydrogen-bond acceptors (Lipinski definition) is 6. The summed E-state index contributed by atoms with van der Waals surface area (Å²) in [6, 6.07) is 7.99. The van der Waals surface area contributed by atoms with Crippen LogP contribution in [0.4, 0.5) is 5.69 Å². The summed E-state index contributed by atoms with van der Waals surface area (Å²) in [7, 11) is 0. The third-order valence-corrected chi connectivity index (χ3v) is 5.37. The van der Waals surface area contributed by atoms with Crippen molar-refractivity contribution >= 4 is 50.3 Å². The molecule has 3 rings (SSSR count). The Morgan fingerprint density at radius 1 is 1.35 bits per heavy atom. The number of aryl methyl sites for hydroxylation is 1. The van der Waals surface area contributed by atoms with Gasteiger partial charge < -0.3 is 4.74 Å². The normalized spacial score (nSPS) is 12.4. The first-order chi connectivity index (χ1) is 14.7. The fourth-order valence-electron chi connectivity index (χ4n) is 2.91.